The molecule has 0 amide bonds. The van der Waals surface area contributed by atoms with E-state index < -0.39 is 8.25 Å². The molecule has 2 atom stereocenters. The molecule has 1 saturated heterocycles. The monoisotopic (exact) mass is 198 g/mol. The Balaban J connectivity index is 2.13. The lowest BCUT2D eigenvalue weighted by Gasteiger charge is -2.12. The Bertz CT molecular complexity index is 304. The lowest BCUT2D eigenvalue weighted by atomic mass is 10.1. The highest BCUT2D eigenvalue weighted by Crippen LogP contribution is 2.39. The zero-order chi connectivity index (χ0) is 9.10. The van der Waals surface area contributed by atoms with Crippen LogP contribution in [0.4, 0.5) is 0 Å². The van der Waals surface area contributed by atoms with E-state index in [-0.39, 0.29) is 6.10 Å². The Morgan fingerprint density at radius 1 is 1.46 bits per heavy atom. The summed E-state index contributed by atoms with van der Waals surface area (Å²) in [5.74, 6) is 0. The highest BCUT2D eigenvalue weighted by atomic mass is 31.1. The third kappa shape index (κ3) is 2.10. The molecule has 68 valence electrons. The summed E-state index contributed by atoms with van der Waals surface area (Å²) in [6.45, 7) is 0.488. The van der Waals surface area contributed by atoms with Crippen LogP contribution < -0.4 is 0 Å². The zero-order valence-corrected chi connectivity index (χ0v) is 7.81. The maximum atomic E-state index is 10.9. The summed E-state index contributed by atoms with van der Waals surface area (Å²) in [5.41, 5.74) is 1.00. The standard InChI is InChI=1S/C8H9NO3P/c10-13-11-6-3-8(12-13)7-1-4-9-5-2-7/h1-2,4-5,8H,3,6H2/q+1. The van der Waals surface area contributed by atoms with E-state index in [9.17, 15) is 4.57 Å². The highest BCUT2D eigenvalue weighted by molar-refractivity contribution is 7.33. The molecule has 2 rings (SSSR count). The van der Waals surface area contributed by atoms with Crippen molar-refractivity contribution in [3.05, 3.63) is 30.1 Å². The van der Waals surface area contributed by atoms with Gasteiger partial charge in [-0.25, -0.2) is 0 Å². The van der Waals surface area contributed by atoms with Gasteiger partial charge in [-0.1, -0.05) is 0 Å². The molecule has 1 aromatic heterocycles. The van der Waals surface area contributed by atoms with Crippen LogP contribution in [-0.2, 0) is 13.6 Å². The minimum atomic E-state index is -1.92. The first kappa shape index (κ1) is 8.75. The van der Waals surface area contributed by atoms with E-state index in [1.165, 1.54) is 0 Å². The maximum Gasteiger partial charge on any atom is 0.698 e. The first-order valence-corrected chi connectivity index (χ1v) is 5.12. The van der Waals surface area contributed by atoms with Gasteiger partial charge in [-0.05, 0) is 17.7 Å². The van der Waals surface area contributed by atoms with Crippen LogP contribution in [0, 0.1) is 0 Å². The first-order chi connectivity index (χ1) is 6.36. The molecule has 5 heteroatoms. The van der Waals surface area contributed by atoms with Crippen LogP contribution in [0.2, 0.25) is 0 Å². The van der Waals surface area contributed by atoms with E-state index >= 15 is 0 Å². The Morgan fingerprint density at radius 2 is 2.23 bits per heavy atom. The number of hydrogen-bond acceptors (Lipinski definition) is 4. The number of nitrogens with zero attached hydrogens (tertiary/aromatic N) is 1. The molecular weight excluding hydrogens is 189 g/mol. The van der Waals surface area contributed by atoms with Gasteiger partial charge in [0.15, 0.2) is 0 Å². The first-order valence-electron chi connectivity index (χ1n) is 4.03. The Kier molecular flexibility index (Phi) is 2.64. The Morgan fingerprint density at radius 3 is 2.92 bits per heavy atom. The molecule has 2 heterocycles. The van der Waals surface area contributed by atoms with E-state index in [0.717, 1.165) is 12.0 Å². The molecule has 1 aliphatic rings. The second-order valence-corrected chi connectivity index (χ2v) is 3.64. The van der Waals surface area contributed by atoms with Crippen molar-refractivity contribution in [2.24, 2.45) is 0 Å². The molecular formula is C8H9NO3P+. The SMILES string of the molecule is O=[P+]1OCCC(c2ccncc2)O1. The third-order valence-electron chi connectivity index (χ3n) is 1.87. The summed E-state index contributed by atoms with van der Waals surface area (Å²) < 4.78 is 20.9. The van der Waals surface area contributed by atoms with Crippen LogP contribution in [0.15, 0.2) is 24.5 Å². The zero-order valence-electron chi connectivity index (χ0n) is 6.92. The quantitative estimate of drug-likeness (QED) is 0.649. The second kappa shape index (κ2) is 3.92. The van der Waals surface area contributed by atoms with Crippen molar-refractivity contribution >= 4 is 8.25 Å². The van der Waals surface area contributed by atoms with Crippen molar-refractivity contribution in [2.45, 2.75) is 12.5 Å². The maximum absolute atomic E-state index is 10.9. The Hall–Kier alpha value is -0.830. The lowest BCUT2D eigenvalue weighted by molar-refractivity contribution is 0.0968. The number of hydrogen-bond donors (Lipinski definition) is 0. The third-order valence-corrected chi connectivity index (χ3v) is 2.69. The van der Waals surface area contributed by atoms with Gasteiger partial charge in [-0.2, -0.15) is 0 Å². The highest BCUT2D eigenvalue weighted by Gasteiger charge is 2.33. The Labute approximate surface area is 76.8 Å². The molecule has 1 aliphatic heterocycles. The fraction of sp³-hybridized carbons (Fsp3) is 0.375. The molecule has 4 nitrogen and oxygen atoms in total. The van der Waals surface area contributed by atoms with Gasteiger partial charge in [-0.15, -0.1) is 9.05 Å². The van der Waals surface area contributed by atoms with E-state index in [2.05, 4.69) is 4.98 Å². The molecule has 0 aliphatic carbocycles. The largest absolute Gasteiger partial charge is 0.698 e. The van der Waals surface area contributed by atoms with Crippen molar-refractivity contribution in [1.82, 2.24) is 4.98 Å². The normalized spacial score (nSPS) is 25.8. The number of pyridine rings is 1. The van der Waals surface area contributed by atoms with Crippen molar-refractivity contribution < 1.29 is 13.6 Å². The number of rotatable bonds is 1. The van der Waals surface area contributed by atoms with E-state index in [1.54, 1.807) is 12.4 Å². The molecule has 0 bridgehead atoms. The van der Waals surface area contributed by atoms with Crippen molar-refractivity contribution in [1.29, 1.82) is 0 Å². The molecule has 1 fully saturated rings. The molecule has 0 aromatic carbocycles. The summed E-state index contributed by atoms with van der Waals surface area (Å²) in [7, 11) is -1.92. The number of aromatic nitrogens is 1. The van der Waals surface area contributed by atoms with Crippen LogP contribution in [0.3, 0.4) is 0 Å². The van der Waals surface area contributed by atoms with Crippen LogP contribution >= 0.6 is 8.25 Å². The average molecular weight is 198 g/mol. The van der Waals surface area contributed by atoms with Crippen LogP contribution in [0.1, 0.15) is 18.1 Å². The van der Waals surface area contributed by atoms with Crippen molar-refractivity contribution in [2.75, 3.05) is 6.61 Å². The van der Waals surface area contributed by atoms with Crippen LogP contribution in [0.5, 0.6) is 0 Å². The van der Waals surface area contributed by atoms with Crippen molar-refractivity contribution in [3.8, 4) is 0 Å². The topological polar surface area (TPSA) is 48.4 Å². The molecule has 1 aromatic rings. The smallest absolute Gasteiger partial charge is 0.265 e. The summed E-state index contributed by atoms with van der Waals surface area (Å²) in [6, 6.07) is 3.72. The van der Waals surface area contributed by atoms with Gasteiger partial charge in [0.2, 0.25) is 0 Å². The molecule has 0 spiro atoms. The van der Waals surface area contributed by atoms with Gasteiger partial charge in [-0.3, -0.25) is 4.98 Å². The van der Waals surface area contributed by atoms with Gasteiger partial charge in [0, 0.05) is 23.4 Å². The van der Waals surface area contributed by atoms with Gasteiger partial charge in [0.05, 0.1) is 0 Å². The summed E-state index contributed by atoms with van der Waals surface area (Å²) in [6.07, 6.45) is 4.02. The molecule has 0 N–H and O–H groups in total. The minimum Gasteiger partial charge on any atom is -0.265 e. The van der Waals surface area contributed by atoms with E-state index in [0.29, 0.717) is 6.61 Å². The van der Waals surface area contributed by atoms with E-state index in [4.69, 9.17) is 9.05 Å². The van der Waals surface area contributed by atoms with Gasteiger partial charge < -0.3 is 0 Å². The molecule has 2 unspecified atom stereocenters. The summed E-state index contributed by atoms with van der Waals surface area (Å²) in [5, 5.41) is 0. The fourth-order valence-corrected chi connectivity index (χ4v) is 1.98. The summed E-state index contributed by atoms with van der Waals surface area (Å²) in [4.78, 5) is 3.90. The lowest BCUT2D eigenvalue weighted by Crippen LogP contribution is -2.09. The van der Waals surface area contributed by atoms with Gasteiger partial charge in [0.1, 0.15) is 12.7 Å². The van der Waals surface area contributed by atoms with Crippen LogP contribution in [0.25, 0.3) is 0 Å². The predicted octanol–water partition coefficient (Wildman–Crippen LogP) is 2.22. The van der Waals surface area contributed by atoms with E-state index in [1.807, 2.05) is 12.1 Å². The fourth-order valence-electron chi connectivity index (χ4n) is 1.23. The van der Waals surface area contributed by atoms with Crippen LogP contribution in [-0.4, -0.2) is 11.6 Å². The van der Waals surface area contributed by atoms with Gasteiger partial charge >= 0.3 is 8.25 Å². The minimum absolute atomic E-state index is 0.111. The molecule has 13 heavy (non-hydrogen) atoms. The predicted molar refractivity (Wildman–Crippen MR) is 46.2 cm³/mol. The molecule has 0 radical (unpaired) electrons. The average Bonchev–Trinajstić information content (AvgIpc) is 2.19. The van der Waals surface area contributed by atoms with Gasteiger partial charge in [0.25, 0.3) is 0 Å². The summed E-state index contributed by atoms with van der Waals surface area (Å²) >= 11 is 0. The molecule has 0 saturated carbocycles. The second-order valence-electron chi connectivity index (χ2n) is 2.72. The van der Waals surface area contributed by atoms with Crippen molar-refractivity contribution in [3.63, 3.8) is 0 Å².